The number of imidazole rings is 1. The fourth-order valence-corrected chi connectivity index (χ4v) is 2.70. The maximum Gasteiger partial charge on any atom is 0.152 e. The molecule has 0 bridgehead atoms. The maximum atomic E-state index is 11.0. The van der Waals surface area contributed by atoms with Crippen molar-refractivity contribution in [1.82, 2.24) is 14.7 Å². The fourth-order valence-electron chi connectivity index (χ4n) is 2.70. The van der Waals surface area contributed by atoms with Gasteiger partial charge in [-0.3, -0.25) is 4.79 Å². The summed E-state index contributed by atoms with van der Waals surface area (Å²) in [5.41, 5.74) is 1.62. The number of hydrogen-bond acceptors (Lipinski definition) is 3. The van der Waals surface area contributed by atoms with Gasteiger partial charge in [-0.25, -0.2) is 4.98 Å². The minimum absolute atomic E-state index is 0.657. The zero-order chi connectivity index (χ0) is 12.4. The smallest absolute Gasteiger partial charge is 0.152 e. The van der Waals surface area contributed by atoms with E-state index in [9.17, 15) is 4.79 Å². The van der Waals surface area contributed by atoms with Crippen molar-refractivity contribution in [3.05, 3.63) is 35.9 Å². The minimum Gasteiger partial charge on any atom is -0.316 e. The molecule has 0 saturated carbocycles. The molecule has 0 radical (unpaired) electrons. The lowest BCUT2D eigenvalue weighted by Crippen LogP contribution is -2.31. The molecule has 0 spiro atoms. The van der Waals surface area contributed by atoms with Crippen LogP contribution in [0.15, 0.2) is 24.5 Å². The molecule has 0 aliphatic carbocycles. The van der Waals surface area contributed by atoms with Crippen LogP contribution in [0.2, 0.25) is 0 Å². The van der Waals surface area contributed by atoms with Crippen molar-refractivity contribution in [3.63, 3.8) is 0 Å². The Kier molecular flexibility index (Phi) is 3.11. The first-order valence-electron chi connectivity index (χ1n) is 6.49. The van der Waals surface area contributed by atoms with E-state index in [1.807, 2.05) is 22.7 Å². The number of fused-ring (bicyclic) bond motifs is 1. The highest BCUT2D eigenvalue weighted by molar-refractivity contribution is 5.85. The number of nitrogens with zero attached hydrogens (tertiary/aromatic N) is 2. The molecule has 1 atom stereocenters. The number of pyridine rings is 1. The summed E-state index contributed by atoms with van der Waals surface area (Å²) in [4.78, 5) is 15.4. The summed E-state index contributed by atoms with van der Waals surface area (Å²) in [6.45, 7) is 2.20. The molecule has 2 aromatic heterocycles. The van der Waals surface area contributed by atoms with E-state index in [1.165, 1.54) is 12.8 Å². The van der Waals surface area contributed by atoms with Crippen LogP contribution in [0.5, 0.6) is 0 Å². The molecule has 18 heavy (non-hydrogen) atoms. The summed E-state index contributed by atoms with van der Waals surface area (Å²) in [6.07, 6.45) is 8.16. The summed E-state index contributed by atoms with van der Waals surface area (Å²) in [5.74, 6) is 1.71. The van der Waals surface area contributed by atoms with Crippen LogP contribution in [0.25, 0.3) is 5.52 Å². The zero-order valence-corrected chi connectivity index (χ0v) is 10.3. The Morgan fingerprint density at radius 1 is 1.56 bits per heavy atom. The molecule has 3 rings (SSSR count). The molecule has 4 nitrogen and oxygen atoms in total. The highest BCUT2D eigenvalue weighted by atomic mass is 16.1. The molecule has 0 aromatic carbocycles. The van der Waals surface area contributed by atoms with Gasteiger partial charge >= 0.3 is 0 Å². The molecule has 1 aliphatic heterocycles. The molecule has 0 amide bonds. The second kappa shape index (κ2) is 4.90. The first-order chi connectivity index (χ1) is 8.88. The largest absolute Gasteiger partial charge is 0.316 e. The average Bonchev–Trinajstić information content (AvgIpc) is 2.83. The lowest BCUT2D eigenvalue weighted by Gasteiger charge is -2.22. The Labute approximate surface area is 106 Å². The van der Waals surface area contributed by atoms with Crippen molar-refractivity contribution in [2.24, 2.45) is 5.92 Å². The molecule has 1 aliphatic rings. The Balaban J connectivity index is 1.90. The molecule has 4 heteroatoms. The number of carbonyl (C=O) groups is 1. The van der Waals surface area contributed by atoms with Gasteiger partial charge in [-0.15, -0.1) is 0 Å². The van der Waals surface area contributed by atoms with Gasteiger partial charge in [-0.05, 0) is 44.0 Å². The molecule has 1 N–H and O–H groups in total. The lowest BCUT2D eigenvalue weighted by atomic mass is 9.96. The fraction of sp³-hybridized carbons (Fsp3) is 0.429. The topological polar surface area (TPSA) is 46.4 Å². The van der Waals surface area contributed by atoms with Crippen molar-refractivity contribution in [3.8, 4) is 0 Å². The van der Waals surface area contributed by atoms with Crippen molar-refractivity contribution >= 4 is 11.8 Å². The van der Waals surface area contributed by atoms with Crippen molar-refractivity contribution in [1.29, 1.82) is 0 Å². The summed E-state index contributed by atoms with van der Waals surface area (Å²) in [7, 11) is 0. The van der Waals surface area contributed by atoms with E-state index in [2.05, 4.69) is 10.3 Å². The predicted molar refractivity (Wildman–Crippen MR) is 69.9 cm³/mol. The Morgan fingerprint density at radius 2 is 2.50 bits per heavy atom. The summed E-state index contributed by atoms with van der Waals surface area (Å²) >= 11 is 0. The molecule has 1 unspecified atom stereocenters. The van der Waals surface area contributed by atoms with Gasteiger partial charge in [0.05, 0.1) is 11.7 Å². The van der Waals surface area contributed by atoms with Crippen LogP contribution in [0.4, 0.5) is 0 Å². The first kappa shape index (κ1) is 11.4. The molecule has 94 valence electrons. The second-order valence-corrected chi connectivity index (χ2v) is 4.93. The minimum atomic E-state index is 0.657. The quantitative estimate of drug-likeness (QED) is 0.834. The van der Waals surface area contributed by atoms with Crippen LogP contribution in [0, 0.1) is 5.92 Å². The molecule has 1 fully saturated rings. The van der Waals surface area contributed by atoms with Crippen LogP contribution in [-0.4, -0.2) is 28.8 Å². The van der Waals surface area contributed by atoms with Crippen molar-refractivity contribution in [2.75, 3.05) is 13.1 Å². The van der Waals surface area contributed by atoms with Gasteiger partial charge in [-0.2, -0.15) is 0 Å². The summed E-state index contributed by atoms with van der Waals surface area (Å²) in [6, 6.07) is 3.73. The molecule has 1 saturated heterocycles. The van der Waals surface area contributed by atoms with Gasteiger partial charge in [0.2, 0.25) is 0 Å². The van der Waals surface area contributed by atoms with Gasteiger partial charge in [0.25, 0.3) is 0 Å². The third kappa shape index (κ3) is 2.04. The number of piperidine rings is 1. The highest BCUT2D eigenvalue weighted by Crippen LogP contribution is 2.18. The first-order valence-corrected chi connectivity index (χ1v) is 6.49. The predicted octanol–water partition coefficient (Wildman–Crippen LogP) is 1.69. The number of aromatic nitrogens is 2. The number of aldehydes is 1. The Hall–Kier alpha value is -1.68. The van der Waals surface area contributed by atoms with Gasteiger partial charge in [0, 0.05) is 18.2 Å². The van der Waals surface area contributed by atoms with E-state index in [0.717, 1.165) is 37.1 Å². The van der Waals surface area contributed by atoms with Crippen molar-refractivity contribution in [2.45, 2.75) is 19.3 Å². The third-order valence-electron chi connectivity index (χ3n) is 3.68. The Bertz CT molecular complexity index is 555. The maximum absolute atomic E-state index is 11.0. The van der Waals surface area contributed by atoms with Gasteiger partial charge < -0.3 is 9.72 Å². The van der Waals surface area contributed by atoms with E-state index in [4.69, 9.17) is 0 Å². The SMILES string of the molecule is O=Cc1cccn2c(CC3CCCNC3)ncc12. The van der Waals surface area contributed by atoms with E-state index in [0.29, 0.717) is 11.5 Å². The van der Waals surface area contributed by atoms with Crippen molar-refractivity contribution < 1.29 is 4.79 Å². The molecule has 2 aromatic rings. The normalized spacial score (nSPS) is 20.1. The van der Waals surface area contributed by atoms with Crippen LogP contribution < -0.4 is 5.32 Å². The van der Waals surface area contributed by atoms with Crippen LogP contribution in [0.3, 0.4) is 0 Å². The average molecular weight is 243 g/mol. The number of nitrogens with one attached hydrogen (secondary N) is 1. The molecule has 3 heterocycles. The van der Waals surface area contributed by atoms with Gasteiger partial charge in [-0.1, -0.05) is 0 Å². The van der Waals surface area contributed by atoms with E-state index in [-0.39, 0.29) is 0 Å². The third-order valence-corrected chi connectivity index (χ3v) is 3.68. The van der Waals surface area contributed by atoms with Gasteiger partial charge in [0.15, 0.2) is 6.29 Å². The number of hydrogen-bond donors (Lipinski definition) is 1. The Morgan fingerprint density at radius 3 is 3.28 bits per heavy atom. The van der Waals surface area contributed by atoms with Crippen LogP contribution in [0.1, 0.15) is 29.0 Å². The second-order valence-electron chi connectivity index (χ2n) is 4.93. The zero-order valence-electron chi connectivity index (χ0n) is 10.3. The van der Waals surface area contributed by atoms with E-state index < -0.39 is 0 Å². The van der Waals surface area contributed by atoms with Gasteiger partial charge in [0.1, 0.15) is 5.82 Å². The molecular formula is C14H17N3O. The lowest BCUT2D eigenvalue weighted by molar-refractivity contribution is 0.112. The number of rotatable bonds is 3. The summed E-state index contributed by atoms with van der Waals surface area (Å²) in [5, 5.41) is 3.42. The monoisotopic (exact) mass is 243 g/mol. The van der Waals surface area contributed by atoms with Crippen LogP contribution >= 0.6 is 0 Å². The van der Waals surface area contributed by atoms with E-state index in [1.54, 1.807) is 6.20 Å². The molecular weight excluding hydrogens is 226 g/mol. The standard InChI is InChI=1S/C14H17N3O/c18-10-12-4-2-6-17-13(12)9-16-14(17)7-11-3-1-5-15-8-11/h2,4,6,9-11,15H,1,3,5,7-8H2. The highest BCUT2D eigenvalue weighted by Gasteiger charge is 2.16. The number of carbonyl (C=O) groups excluding carboxylic acids is 1. The summed E-state index contributed by atoms with van der Waals surface area (Å²) < 4.78 is 2.04. The van der Waals surface area contributed by atoms with E-state index >= 15 is 0 Å². The van der Waals surface area contributed by atoms with Crippen LogP contribution in [-0.2, 0) is 6.42 Å².